The van der Waals surface area contributed by atoms with Crippen molar-refractivity contribution < 1.29 is 13.2 Å². The van der Waals surface area contributed by atoms with E-state index in [0.717, 1.165) is 12.0 Å². The van der Waals surface area contributed by atoms with Gasteiger partial charge in [0.1, 0.15) is 0 Å². The Morgan fingerprint density at radius 3 is 2.38 bits per heavy atom. The first-order valence-electron chi connectivity index (χ1n) is 8.48. The fourth-order valence-corrected chi connectivity index (χ4v) is 2.34. The predicted octanol–water partition coefficient (Wildman–Crippen LogP) is 2.76. The van der Waals surface area contributed by atoms with Crippen LogP contribution in [-0.2, 0) is 14.6 Å². The SMILES string of the molecule is CN=C(NCCCOC(C)c1ccccc1)NCC(C)(C)S(C)(=O)=O.I. The smallest absolute Gasteiger partial charge is 0.191 e. The van der Waals surface area contributed by atoms with Crippen molar-refractivity contribution in [3.05, 3.63) is 35.9 Å². The molecule has 1 aromatic carbocycles. The molecule has 0 saturated heterocycles. The third-order valence-corrected chi connectivity index (χ3v) is 6.31. The summed E-state index contributed by atoms with van der Waals surface area (Å²) in [4.78, 5) is 4.11. The van der Waals surface area contributed by atoms with Crippen LogP contribution in [0.4, 0.5) is 0 Å². The Kier molecular flexibility index (Phi) is 11.4. The monoisotopic (exact) mass is 497 g/mol. The molecule has 0 fully saturated rings. The molecule has 0 aliphatic heterocycles. The van der Waals surface area contributed by atoms with Crippen LogP contribution in [0.1, 0.15) is 38.9 Å². The molecule has 0 aliphatic rings. The van der Waals surface area contributed by atoms with Gasteiger partial charge in [0.2, 0.25) is 0 Å². The van der Waals surface area contributed by atoms with E-state index in [-0.39, 0.29) is 30.1 Å². The lowest BCUT2D eigenvalue weighted by Gasteiger charge is -2.24. The van der Waals surface area contributed by atoms with Gasteiger partial charge in [-0.05, 0) is 32.8 Å². The molecule has 0 heterocycles. The highest BCUT2D eigenvalue weighted by atomic mass is 127. The van der Waals surface area contributed by atoms with E-state index in [1.807, 2.05) is 25.1 Å². The highest BCUT2D eigenvalue weighted by molar-refractivity contribution is 14.0. The lowest BCUT2D eigenvalue weighted by atomic mass is 10.1. The molecule has 0 saturated carbocycles. The number of nitrogens with zero attached hydrogens (tertiary/aromatic N) is 1. The number of nitrogens with one attached hydrogen (secondary N) is 2. The molecule has 6 nitrogen and oxygen atoms in total. The number of sulfone groups is 1. The predicted molar refractivity (Wildman–Crippen MR) is 119 cm³/mol. The van der Waals surface area contributed by atoms with Gasteiger partial charge >= 0.3 is 0 Å². The second-order valence-electron chi connectivity index (χ2n) is 6.66. The van der Waals surface area contributed by atoms with E-state index in [1.54, 1.807) is 20.9 Å². The average Bonchev–Trinajstić information content (AvgIpc) is 2.56. The Hall–Kier alpha value is -0.870. The largest absolute Gasteiger partial charge is 0.374 e. The molecule has 0 spiro atoms. The van der Waals surface area contributed by atoms with Crippen molar-refractivity contribution >= 4 is 39.8 Å². The Labute approximate surface area is 175 Å². The van der Waals surface area contributed by atoms with Gasteiger partial charge in [-0.25, -0.2) is 8.42 Å². The second-order valence-corrected chi connectivity index (χ2v) is 9.31. The molecule has 150 valence electrons. The van der Waals surface area contributed by atoms with E-state index in [1.165, 1.54) is 6.26 Å². The van der Waals surface area contributed by atoms with E-state index in [0.29, 0.717) is 25.7 Å². The van der Waals surface area contributed by atoms with Gasteiger partial charge in [-0.2, -0.15) is 0 Å². The van der Waals surface area contributed by atoms with E-state index in [4.69, 9.17) is 4.74 Å². The van der Waals surface area contributed by atoms with E-state index in [2.05, 4.69) is 27.8 Å². The van der Waals surface area contributed by atoms with E-state index < -0.39 is 14.6 Å². The van der Waals surface area contributed by atoms with Gasteiger partial charge in [0.05, 0.1) is 10.9 Å². The number of aliphatic imine (C=N–C) groups is 1. The number of rotatable bonds is 9. The number of guanidine groups is 1. The first-order valence-corrected chi connectivity index (χ1v) is 10.4. The molecular weight excluding hydrogens is 465 g/mol. The van der Waals surface area contributed by atoms with Crippen LogP contribution in [0.15, 0.2) is 35.3 Å². The zero-order valence-corrected chi connectivity index (χ0v) is 19.4. The molecule has 1 rings (SSSR count). The quantitative estimate of drug-likeness (QED) is 0.238. The minimum Gasteiger partial charge on any atom is -0.374 e. The number of hydrogen-bond acceptors (Lipinski definition) is 4. The van der Waals surface area contributed by atoms with Gasteiger partial charge in [0.25, 0.3) is 0 Å². The Morgan fingerprint density at radius 2 is 1.85 bits per heavy atom. The summed E-state index contributed by atoms with van der Waals surface area (Å²) >= 11 is 0. The summed E-state index contributed by atoms with van der Waals surface area (Å²) in [5, 5.41) is 6.23. The van der Waals surface area contributed by atoms with E-state index in [9.17, 15) is 8.42 Å². The maximum absolute atomic E-state index is 11.7. The lowest BCUT2D eigenvalue weighted by Crippen LogP contribution is -2.47. The summed E-state index contributed by atoms with van der Waals surface area (Å²) < 4.78 is 28.4. The molecule has 26 heavy (non-hydrogen) atoms. The fraction of sp³-hybridized carbons (Fsp3) is 0.611. The number of benzene rings is 1. The summed E-state index contributed by atoms with van der Waals surface area (Å²) in [6.45, 7) is 7.06. The highest BCUT2D eigenvalue weighted by Gasteiger charge is 2.30. The molecule has 1 atom stereocenters. The zero-order valence-electron chi connectivity index (χ0n) is 16.3. The molecule has 1 unspecified atom stereocenters. The third-order valence-electron chi connectivity index (χ3n) is 4.16. The van der Waals surface area contributed by atoms with Crippen LogP contribution in [-0.4, -0.2) is 52.1 Å². The summed E-state index contributed by atoms with van der Waals surface area (Å²) in [5.41, 5.74) is 1.16. The minimum atomic E-state index is -3.14. The lowest BCUT2D eigenvalue weighted by molar-refractivity contribution is 0.0646. The maximum Gasteiger partial charge on any atom is 0.191 e. The Bertz CT molecular complexity index is 649. The molecule has 8 heteroatoms. The van der Waals surface area contributed by atoms with Gasteiger partial charge in [-0.3, -0.25) is 4.99 Å². The number of halogens is 1. The minimum absolute atomic E-state index is 0. The normalized spacial score (nSPS) is 13.7. The van der Waals surface area contributed by atoms with Gasteiger partial charge in [0, 0.05) is 33.0 Å². The van der Waals surface area contributed by atoms with Crippen LogP contribution < -0.4 is 10.6 Å². The molecule has 0 radical (unpaired) electrons. The van der Waals surface area contributed by atoms with Crippen molar-refractivity contribution in [1.29, 1.82) is 0 Å². The molecule has 1 aromatic rings. The van der Waals surface area contributed by atoms with Crippen LogP contribution in [0.5, 0.6) is 0 Å². The van der Waals surface area contributed by atoms with Gasteiger partial charge in [-0.1, -0.05) is 30.3 Å². The molecule has 2 N–H and O–H groups in total. The molecular formula is C18H32IN3O3S. The first kappa shape index (κ1) is 25.1. The molecule has 0 amide bonds. The molecule has 0 aliphatic carbocycles. The van der Waals surface area contributed by atoms with Crippen molar-refractivity contribution in [2.75, 3.05) is 33.0 Å². The van der Waals surface area contributed by atoms with Crippen molar-refractivity contribution in [3.8, 4) is 0 Å². The van der Waals surface area contributed by atoms with Crippen LogP contribution in [0.3, 0.4) is 0 Å². The topological polar surface area (TPSA) is 79.8 Å². The number of ether oxygens (including phenoxy) is 1. The van der Waals surface area contributed by atoms with Crippen molar-refractivity contribution in [1.82, 2.24) is 10.6 Å². The van der Waals surface area contributed by atoms with Crippen LogP contribution in [0, 0.1) is 0 Å². The second kappa shape index (κ2) is 11.8. The van der Waals surface area contributed by atoms with E-state index >= 15 is 0 Å². The molecule has 0 bridgehead atoms. The van der Waals surface area contributed by atoms with Crippen LogP contribution in [0.2, 0.25) is 0 Å². The Balaban J connectivity index is 0.00000625. The summed E-state index contributed by atoms with van der Waals surface area (Å²) in [6, 6.07) is 10.1. The third kappa shape index (κ3) is 8.68. The van der Waals surface area contributed by atoms with Gasteiger partial charge in [-0.15, -0.1) is 24.0 Å². The summed E-state index contributed by atoms with van der Waals surface area (Å²) in [7, 11) is -1.47. The molecule has 0 aromatic heterocycles. The fourth-order valence-electron chi connectivity index (χ4n) is 2.01. The van der Waals surface area contributed by atoms with Crippen molar-refractivity contribution in [2.24, 2.45) is 4.99 Å². The van der Waals surface area contributed by atoms with Crippen LogP contribution >= 0.6 is 24.0 Å². The van der Waals surface area contributed by atoms with Crippen LogP contribution in [0.25, 0.3) is 0 Å². The zero-order chi connectivity index (χ0) is 18.9. The number of hydrogen-bond donors (Lipinski definition) is 2. The maximum atomic E-state index is 11.7. The highest BCUT2D eigenvalue weighted by Crippen LogP contribution is 2.15. The summed E-state index contributed by atoms with van der Waals surface area (Å²) in [6.07, 6.45) is 2.14. The average molecular weight is 497 g/mol. The summed E-state index contributed by atoms with van der Waals surface area (Å²) in [5.74, 6) is 0.591. The van der Waals surface area contributed by atoms with Crippen molar-refractivity contribution in [3.63, 3.8) is 0 Å². The standard InChI is InChI=1S/C18H31N3O3S.HI/c1-15(16-10-7-6-8-11-16)24-13-9-12-20-17(19-4)21-14-18(2,3)25(5,22)23;/h6-8,10-11,15H,9,12-14H2,1-5H3,(H2,19,20,21);1H. The first-order chi connectivity index (χ1) is 11.7. The van der Waals surface area contributed by atoms with Crippen molar-refractivity contribution in [2.45, 2.75) is 38.0 Å². The van der Waals surface area contributed by atoms with Gasteiger partial charge < -0.3 is 15.4 Å². The Morgan fingerprint density at radius 1 is 1.23 bits per heavy atom. The van der Waals surface area contributed by atoms with Gasteiger partial charge in [0.15, 0.2) is 15.8 Å².